The second-order valence-corrected chi connectivity index (χ2v) is 5.99. The third-order valence-corrected chi connectivity index (χ3v) is 3.61. The van der Waals surface area contributed by atoms with Gasteiger partial charge in [0.1, 0.15) is 5.82 Å². The molecule has 0 aliphatic rings. The van der Waals surface area contributed by atoms with E-state index in [0.29, 0.717) is 23.4 Å². The van der Waals surface area contributed by atoms with Gasteiger partial charge in [-0.25, -0.2) is 4.39 Å². The zero-order chi connectivity index (χ0) is 17.7. The number of hydrogen-bond acceptors (Lipinski definition) is 2. The second-order valence-electron chi connectivity index (χ2n) is 5.99. The van der Waals surface area contributed by atoms with Crippen molar-refractivity contribution in [3.63, 3.8) is 0 Å². The fourth-order valence-electron chi connectivity index (χ4n) is 2.09. The molecular weight excluding hydrogens is 307 g/mol. The van der Waals surface area contributed by atoms with Gasteiger partial charge in [-0.15, -0.1) is 0 Å². The van der Waals surface area contributed by atoms with Gasteiger partial charge in [-0.1, -0.05) is 26.0 Å². The van der Waals surface area contributed by atoms with Gasteiger partial charge in [0.25, 0.3) is 5.91 Å². The molecule has 2 N–H and O–H groups in total. The van der Waals surface area contributed by atoms with Crippen LogP contribution in [0, 0.1) is 18.7 Å². The van der Waals surface area contributed by atoms with Crippen molar-refractivity contribution >= 4 is 17.5 Å². The van der Waals surface area contributed by atoms with E-state index >= 15 is 0 Å². The minimum Gasteiger partial charge on any atom is -0.348 e. The molecular formula is C19H21FN2O2. The lowest BCUT2D eigenvalue weighted by Crippen LogP contribution is -2.23. The van der Waals surface area contributed by atoms with E-state index in [4.69, 9.17) is 0 Å². The molecule has 5 heteroatoms. The first-order valence-corrected chi connectivity index (χ1v) is 7.81. The Bertz CT molecular complexity index is 740. The third-order valence-electron chi connectivity index (χ3n) is 3.61. The summed E-state index contributed by atoms with van der Waals surface area (Å²) in [6.07, 6.45) is 0. The minimum absolute atomic E-state index is 0.0705. The van der Waals surface area contributed by atoms with Crippen LogP contribution in [-0.2, 0) is 11.3 Å². The Kier molecular flexibility index (Phi) is 5.68. The summed E-state index contributed by atoms with van der Waals surface area (Å²) in [4.78, 5) is 23.8. The second kappa shape index (κ2) is 7.73. The lowest BCUT2D eigenvalue weighted by atomic mass is 10.1. The molecule has 0 atom stereocenters. The summed E-state index contributed by atoms with van der Waals surface area (Å²) < 4.78 is 13.2. The van der Waals surface area contributed by atoms with Crippen molar-refractivity contribution in [1.29, 1.82) is 0 Å². The van der Waals surface area contributed by atoms with Gasteiger partial charge in [0.2, 0.25) is 5.91 Å². The summed E-state index contributed by atoms with van der Waals surface area (Å²) in [5.41, 5.74) is 2.53. The first-order chi connectivity index (χ1) is 11.4. The Morgan fingerprint density at radius 2 is 1.75 bits per heavy atom. The highest BCUT2D eigenvalue weighted by molar-refractivity contribution is 5.96. The molecule has 0 fully saturated rings. The van der Waals surface area contributed by atoms with E-state index in [0.717, 1.165) is 5.56 Å². The average Bonchev–Trinajstić information content (AvgIpc) is 2.56. The maximum absolute atomic E-state index is 13.2. The molecule has 2 rings (SSSR count). The lowest BCUT2D eigenvalue weighted by Gasteiger charge is -2.09. The Morgan fingerprint density at radius 3 is 2.33 bits per heavy atom. The number of carbonyl (C=O) groups is 2. The molecule has 0 heterocycles. The van der Waals surface area contributed by atoms with E-state index in [1.165, 1.54) is 6.07 Å². The highest BCUT2D eigenvalue weighted by atomic mass is 19.1. The topological polar surface area (TPSA) is 58.2 Å². The fourth-order valence-corrected chi connectivity index (χ4v) is 2.09. The zero-order valence-corrected chi connectivity index (χ0v) is 14.0. The smallest absolute Gasteiger partial charge is 0.251 e. The molecule has 2 amide bonds. The standard InChI is InChI=1S/C19H21FN2O2/c1-12(2)18(23)22-16-7-5-15(6-8-16)19(24)21-11-14-4-9-17(20)13(3)10-14/h4-10,12H,11H2,1-3H3,(H,21,24)(H,22,23). The molecule has 2 aromatic rings. The first-order valence-electron chi connectivity index (χ1n) is 7.81. The molecule has 0 saturated carbocycles. The number of nitrogens with one attached hydrogen (secondary N) is 2. The minimum atomic E-state index is -0.260. The summed E-state index contributed by atoms with van der Waals surface area (Å²) in [5, 5.41) is 5.56. The van der Waals surface area contributed by atoms with E-state index in [1.807, 2.05) is 13.8 Å². The molecule has 24 heavy (non-hydrogen) atoms. The van der Waals surface area contributed by atoms with Crippen LogP contribution in [0.1, 0.15) is 35.3 Å². The van der Waals surface area contributed by atoms with Crippen molar-refractivity contribution in [3.8, 4) is 0 Å². The van der Waals surface area contributed by atoms with Crippen molar-refractivity contribution in [2.24, 2.45) is 5.92 Å². The lowest BCUT2D eigenvalue weighted by molar-refractivity contribution is -0.118. The third kappa shape index (κ3) is 4.65. The number of carbonyl (C=O) groups excluding carboxylic acids is 2. The van der Waals surface area contributed by atoms with Crippen LogP contribution in [0.25, 0.3) is 0 Å². The number of rotatable bonds is 5. The van der Waals surface area contributed by atoms with Crippen LogP contribution >= 0.6 is 0 Å². The molecule has 4 nitrogen and oxygen atoms in total. The van der Waals surface area contributed by atoms with E-state index in [2.05, 4.69) is 10.6 Å². The number of hydrogen-bond donors (Lipinski definition) is 2. The van der Waals surface area contributed by atoms with Crippen LogP contribution in [0.15, 0.2) is 42.5 Å². The molecule has 0 aliphatic carbocycles. The predicted molar refractivity (Wildman–Crippen MR) is 92.2 cm³/mol. The van der Waals surface area contributed by atoms with Crippen LogP contribution in [0.4, 0.5) is 10.1 Å². The zero-order valence-electron chi connectivity index (χ0n) is 14.0. The quantitative estimate of drug-likeness (QED) is 0.880. The Hall–Kier alpha value is -2.69. The highest BCUT2D eigenvalue weighted by Crippen LogP contribution is 2.12. The monoisotopic (exact) mass is 328 g/mol. The molecule has 2 aromatic carbocycles. The molecule has 0 radical (unpaired) electrons. The molecule has 0 aromatic heterocycles. The van der Waals surface area contributed by atoms with Crippen molar-refractivity contribution < 1.29 is 14.0 Å². The predicted octanol–water partition coefficient (Wildman–Crippen LogP) is 3.66. The van der Waals surface area contributed by atoms with Gasteiger partial charge in [0, 0.05) is 23.7 Å². The van der Waals surface area contributed by atoms with Crippen LogP contribution in [0.3, 0.4) is 0 Å². The summed E-state index contributed by atoms with van der Waals surface area (Å²) in [5.74, 6) is -0.658. The van der Waals surface area contributed by atoms with Gasteiger partial charge in [-0.05, 0) is 48.4 Å². The van der Waals surface area contributed by atoms with Gasteiger partial charge in [-0.3, -0.25) is 9.59 Å². The highest BCUT2D eigenvalue weighted by Gasteiger charge is 2.09. The molecule has 0 unspecified atom stereocenters. The molecule has 0 saturated heterocycles. The first kappa shape index (κ1) is 17.7. The van der Waals surface area contributed by atoms with Crippen LogP contribution < -0.4 is 10.6 Å². The summed E-state index contributed by atoms with van der Waals surface area (Å²) >= 11 is 0. The fraction of sp³-hybridized carbons (Fsp3) is 0.263. The van der Waals surface area contributed by atoms with Gasteiger partial charge < -0.3 is 10.6 Å². The molecule has 0 spiro atoms. The normalized spacial score (nSPS) is 10.5. The maximum Gasteiger partial charge on any atom is 0.251 e. The van der Waals surface area contributed by atoms with Crippen LogP contribution in [0.5, 0.6) is 0 Å². The van der Waals surface area contributed by atoms with Crippen molar-refractivity contribution in [1.82, 2.24) is 5.32 Å². The van der Waals surface area contributed by atoms with Gasteiger partial charge in [0.05, 0.1) is 0 Å². The summed E-state index contributed by atoms with van der Waals surface area (Å²) in [6, 6.07) is 11.4. The Morgan fingerprint density at radius 1 is 1.08 bits per heavy atom. The summed E-state index contributed by atoms with van der Waals surface area (Å²) in [6.45, 7) is 5.64. The number of aryl methyl sites for hydroxylation is 1. The van der Waals surface area contributed by atoms with E-state index in [1.54, 1.807) is 43.3 Å². The van der Waals surface area contributed by atoms with Crippen molar-refractivity contribution in [2.45, 2.75) is 27.3 Å². The van der Waals surface area contributed by atoms with Crippen LogP contribution in [-0.4, -0.2) is 11.8 Å². The van der Waals surface area contributed by atoms with Gasteiger partial charge in [-0.2, -0.15) is 0 Å². The molecule has 0 aliphatic heterocycles. The number of amides is 2. The van der Waals surface area contributed by atoms with Gasteiger partial charge >= 0.3 is 0 Å². The largest absolute Gasteiger partial charge is 0.348 e. The number of anilines is 1. The Balaban J connectivity index is 1.94. The maximum atomic E-state index is 13.2. The van der Waals surface area contributed by atoms with Crippen LogP contribution in [0.2, 0.25) is 0 Å². The van der Waals surface area contributed by atoms with Crippen molar-refractivity contribution in [2.75, 3.05) is 5.32 Å². The SMILES string of the molecule is Cc1cc(CNC(=O)c2ccc(NC(=O)C(C)C)cc2)ccc1F. The number of benzene rings is 2. The molecule has 126 valence electrons. The van der Waals surface area contributed by atoms with E-state index < -0.39 is 0 Å². The molecule has 0 bridgehead atoms. The van der Waals surface area contributed by atoms with E-state index in [-0.39, 0.29) is 23.5 Å². The Labute approximate surface area is 141 Å². The number of halogens is 1. The van der Waals surface area contributed by atoms with Gasteiger partial charge in [0.15, 0.2) is 0 Å². The average molecular weight is 328 g/mol. The van der Waals surface area contributed by atoms with Crippen molar-refractivity contribution in [3.05, 3.63) is 65.0 Å². The summed E-state index contributed by atoms with van der Waals surface area (Å²) in [7, 11) is 0. The van der Waals surface area contributed by atoms with E-state index in [9.17, 15) is 14.0 Å².